The molecule has 4 nitrogen and oxygen atoms in total. The van der Waals surface area contributed by atoms with Gasteiger partial charge in [-0.1, -0.05) is 65.8 Å². The monoisotopic (exact) mass is 263 g/mol. The normalized spacial score (nSPS) is 10.2. The van der Waals surface area contributed by atoms with Crippen molar-refractivity contribution in [3.63, 3.8) is 0 Å². The Bertz CT molecular complexity index is 696. The van der Waals surface area contributed by atoms with Gasteiger partial charge in [0.15, 0.2) is 0 Å². The first-order valence-corrected chi connectivity index (χ1v) is 6.38. The van der Waals surface area contributed by atoms with E-state index in [1.165, 1.54) is 0 Å². The highest BCUT2D eigenvalue weighted by Gasteiger charge is 2.13. The molecule has 0 spiro atoms. The van der Waals surface area contributed by atoms with Gasteiger partial charge in [-0.15, -0.1) is 5.10 Å². The molecule has 2 aromatic carbocycles. The van der Waals surface area contributed by atoms with Gasteiger partial charge in [-0.3, -0.25) is 0 Å². The van der Waals surface area contributed by atoms with Crippen LogP contribution in [-0.2, 0) is 0 Å². The van der Waals surface area contributed by atoms with Crippen LogP contribution in [0.4, 0.5) is 5.82 Å². The molecule has 0 saturated heterocycles. The highest BCUT2D eigenvalue weighted by molar-refractivity contribution is 5.81. The van der Waals surface area contributed by atoms with Gasteiger partial charge in [-0.25, -0.2) is 0 Å². The quantitative estimate of drug-likeness (QED) is 0.563. The van der Waals surface area contributed by atoms with E-state index in [1.807, 2.05) is 54.6 Å². The predicted octanol–water partition coefficient (Wildman–Crippen LogP) is 2.52. The summed E-state index contributed by atoms with van der Waals surface area (Å²) in [5.41, 5.74) is 6.69. The first-order chi connectivity index (χ1) is 9.88. The van der Waals surface area contributed by atoms with Gasteiger partial charge in [0.1, 0.15) is 5.69 Å². The molecule has 0 aliphatic rings. The lowest BCUT2D eigenvalue weighted by molar-refractivity contribution is -0.438. The lowest BCUT2D eigenvalue weighted by Gasteiger charge is -2.07. The third-order valence-corrected chi connectivity index (χ3v) is 3.12. The molecule has 0 fully saturated rings. The molecule has 0 amide bonds. The van der Waals surface area contributed by atoms with E-state index >= 15 is 0 Å². The Balaban J connectivity index is 2.20. The number of aromatic amines is 1. The van der Waals surface area contributed by atoms with Crippen LogP contribution in [0.1, 0.15) is 0 Å². The van der Waals surface area contributed by atoms with Crippen LogP contribution in [0.2, 0.25) is 0 Å². The fourth-order valence-electron chi connectivity index (χ4n) is 2.15. The predicted molar refractivity (Wildman–Crippen MR) is 79.5 cm³/mol. The Hall–Kier alpha value is -2.72. The molecule has 0 aliphatic carbocycles. The minimum absolute atomic E-state index is 0.670. The van der Waals surface area contributed by atoms with E-state index in [0.29, 0.717) is 5.82 Å². The van der Waals surface area contributed by atoms with E-state index in [-0.39, 0.29) is 0 Å². The van der Waals surface area contributed by atoms with Crippen LogP contribution in [0.5, 0.6) is 0 Å². The average molecular weight is 263 g/mol. The molecule has 3 aromatic rings. The van der Waals surface area contributed by atoms with Gasteiger partial charge in [-0.2, -0.15) is 11.3 Å². The third-order valence-electron chi connectivity index (χ3n) is 3.12. The molecule has 0 aliphatic heterocycles. The van der Waals surface area contributed by atoms with Crippen LogP contribution < -0.4 is 16.4 Å². The first kappa shape index (κ1) is 12.3. The lowest BCUT2D eigenvalue weighted by atomic mass is 10.00. The smallest absolute Gasteiger partial charge is 0.198 e. The molecule has 98 valence electrons. The largest absolute Gasteiger partial charge is 0.311 e. The summed E-state index contributed by atoms with van der Waals surface area (Å²) in [7, 11) is 0. The molecular weight excluding hydrogens is 248 g/mol. The fourth-order valence-corrected chi connectivity index (χ4v) is 2.15. The summed E-state index contributed by atoms with van der Waals surface area (Å²) in [5, 5.41) is 7.34. The molecular formula is C16H15N4+. The second-order valence-corrected chi connectivity index (χ2v) is 4.42. The Labute approximate surface area is 117 Å². The van der Waals surface area contributed by atoms with Crippen molar-refractivity contribution in [1.29, 1.82) is 0 Å². The van der Waals surface area contributed by atoms with Crippen molar-refractivity contribution in [1.82, 2.24) is 5.10 Å². The summed E-state index contributed by atoms with van der Waals surface area (Å²) >= 11 is 0. The molecule has 1 aromatic heterocycles. The average Bonchev–Trinajstić information content (AvgIpc) is 2.56. The van der Waals surface area contributed by atoms with Gasteiger partial charge in [0, 0.05) is 17.2 Å². The number of hydrazine groups is 1. The van der Waals surface area contributed by atoms with Crippen molar-refractivity contribution >= 4 is 5.82 Å². The maximum Gasteiger partial charge on any atom is 0.311 e. The second kappa shape index (κ2) is 5.50. The number of benzene rings is 2. The van der Waals surface area contributed by atoms with Gasteiger partial charge in [-0.05, 0) is 5.56 Å². The van der Waals surface area contributed by atoms with E-state index in [0.717, 1.165) is 22.4 Å². The minimum Gasteiger partial charge on any atom is -0.198 e. The van der Waals surface area contributed by atoms with Crippen molar-refractivity contribution in [3.05, 3.63) is 66.7 Å². The van der Waals surface area contributed by atoms with Crippen molar-refractivity contribution in [2.24, 2.45) is 5.84 Å². The van der Waals surface area contributed by atoms with Crippen molar-refractivity contribution in [2.45, 2.75) is 0 Å². The number of hydrogen-bond donors (Lipinski definition) is 2. The SMILES string of the molecule is NNc1cc(-c2ccccc2)c(-c2ccccc2)n[nH+]1. The number of nitrogens with one attached hydrogen (secondary N) is 2. The topological polar surface area (TPSA) is 65.1 Å². The summed E-state index contributed by atoms with van der Waals surface area (Å²) in [5.74, 6) is 6.13. The maximum absolute atomic E-state index is 5.46. The first-order valence-electron chi connectivity index (χ1n) is 6.38. The second-order valence-electron chi connectivity index (χ2n) is 4.42. The molecule has 0 bridgehead atoms. The summed E-state index contributed by atoms with van der Waals surface area (Å²) in [6.45, 7) is 0. The van der Waals surface area contributed by atoms with Crippen LogP contribution >= 0.6 is 0 Å². The van der Waals surface area contributed by atoms with Crippen molar-refractivity contribution in [2.75, 3.05) is 5.43 Å². The number of nitrogen functional groups attached to an aromatic ring is 1. The van der Waals surface area contributed by atoms with E-state index in [1.54, 1.807) is 0 Å². The molecule has 0 atom stereocenters. The number of nitrogens with two attached hydrogens (primary N) is 1. The van der Waals surface area contributed by atoms with Gasteiger partial charge in [0.2, 0.25) is 0 Å². The molecule has 1 heterocycles. The van der Waals surface area contributed by atoms with Gasteiger partial charge in [0.25, 0.3) is 0 Å². The van der Waals surface area contributed by atoms with Crippen LogP contribution in [0.15, 0.2) is 66.7 Å². The molecule has 0 unspecified atom stereocenters. The van der Waals surface area contributed by atoms with Crippen LogP contribution in [-0.4, -0.2) is 5.10 Å². The number of nitrogens with zero attached hydrogens (tertiary/aromatic N) is 1. The Morgan fingerprint density at radius 2 is 1.45 bits per heavy atom. The minimum atomic E-state index is 0.670. The molecule has 3 rings (SSSR count). The van der Waals surface area contributed by atoms with Gasteiger partial charge >= 0.3 is 5.82 Å². The van der Waals surface area contributed by atoms with E-state index in [9.17, 15) is 0 Å². The summed E-state index contributed by atoms with van der Waals surface area (Å²) < 4.78 is 0. The van der Waals surface area contributed by atoms with Crippen molar-refractivity contribution in [3.8, 4) is 22.4 Å². The van der Waals surface area contributed by atoms with Crippen LogP contribution in [0.25, 0.3) is 22.4 Å². The van der Waals surface area contributed by atoms with Gasteiger partial charge in [0.05, 0.1) is 0 Å². The number of anilines is 1. The third kappa shape index (κ3) is 2.37. The Morgan fingerprint density at radius 3 is 2.05 bits per heavy atom. The van der Waals surface area contributed by atoms with E-state index < -0.39 is 0 Å². The molecule has 0 saturated carbocycles. The zero-order valence-corrected chi connectivity index (χ0v) is 10.9. The van der Waals surface area contributed by atoms with Crippen LogP contribution in [0, 0.1) is 0 Å². The zero-order chi connectivity index (χ0) is 13.8. The summed E-state index contributed by atoms with van der Waals surface area (Å²) in [6.07, 6.45) is 0. The molecule has 0 radical (unpaired) electrons. The molecule has 20 heavy (non-hydrogen) atoms. The van der Waals surface area contributed by atoms with E-state index in [4.69, 9.17) is 5.84 Å². The highest BCUT2D eigenvalue weighted by atomic mass is 15.3. The Kier molecular flexibility index (Phi) is 3.39. The number of rotatable bonds is 3. The zero-order valence-electron chi connectivity index (χ0n) is 10.9. The summed E-state index contributed by atoms with van der Waals surface area (Å²) in [6, 6.07) is 22.2. The standard InChI is InChI=1S/C16H14N4/c17-18-15-11-14(12-7-3-1-4-8-12)16(20-19-15)13-9-5-2-6-10-13/h1-11H,17H2,(H,18,19)/p+1. The number of aromatic nitrogens is 2. The highest BCUT2D eigenvalue weighted by Crippen LogP contribution is 2.30. The molecule has 4 N–H and O–H groups in total. The summed E-state index contributed by atoms with van der Waals surface area (Å²) in [4.78, 5) is 0. The number of hydrogen-bond acceptors (Lipinski definition) is 3. The van der Waals surface area contributed by atoms with Crippen LogP contribution in [0.3, 0.4) is 0 Å². The lowest BCUT2D eigenvalue weighted by Crippen LogP contribution is -2.21. The fraction of sp³-hybridized carbons (Fsp3) is 0. The van der Waals surface area contributed by atoms with E-state index in [2.05, 4.69) is 27.8 Å². The van der Waals surface area contributed by atoms with Crippen molar-refractivity contribution < 1.29 is 5.10 Å². The molecule has 4 heteroatoms. The van der Waals surface area contributed by atoms with Gasteiger partial charge < -0.3 is 0 Å². The Morgan fingerprint density at radius 1 is 0.850 bits per heavy atom. The number of H-pyrrole nitrogens is 1. The maximum atomic E-state index is 5.46.